The summed E-state index contributed by atoms with van der Waals surface area (Å²) in [6, 6.07) is 14.5. The number of benzene rings is 3. The Morgan fingerprint density at radius 3 is 2.63 bits per heavy atom. The van der Waals surface area contributed by atoms with E-state index in [1.54, 1.807) is 12.1 Å². The van der Waals surface area contributed by atoms with Gasteiger partial charge in [-0.25, -0.2) is 8.42 Å². The van der Waals surface area contributed by atoms with Crippen molar-refractivity contribution in [2.24, 2.45) is 0 Å². The van der Waals surface area contributed by atoms with Crippen molar-refractivity contribution in [2.75, 3.05) is 19.7 Å². The summed E-state index contributed by atoms with van der Waals surface area (Å²) < 4.78 is 34.4. The molecule has 2 amide bonds. The number of nitrogens with zero attached hydrogens (tertiary/aromatic N) is 1. The average Bonchev–Trinajstić information content (AvgIpc) is 2.92. The van der Waals surface area contributed by atoms with Crippen molar-refractivity contribution in [3.8, 4) is 5.75 Å². The first-order valence-electron chi connectivity index (χ1n) is 13.7. The number of amides is 2. The molecule has 1 fully saturated rings. The monoisotopic (exact) mass is 598 g/mol. The standard InChI is InChI=1S/C30H35ClN4O5S/c1-30(2,3)33-18-21-15-27-23(16-24(21)31)25(10-13-40-27)34-28(36)17-26-29(37)32-11-12-35(26)41(38,39)22-9-8-19-6-4-5-7-20(19)14-22/h4-9,14-16,25-26,33H,10-13,17-18H2,1-3H3,(H,32,37)(H,34,36)/t25-,26-/m1/s1. The molecule has 2 atom stereocenters. The van der Waals surface area contributed by atoms with Crippen LogP contribution in [-0.2, 0) is 26.2 Å². The number of piperazine rings is 1. The second kappa shape index (κ2) is 11.6. The van der Waals surface area contributed by atoms with Gasteiger partial charge in [-0.1, -0.05) is 41.9 Å². The first-order chi connectivity index (χ1) is 19.4. The van der Waals surface area contributed by atoms with E-state index >= 15 is 0 Å². The number of halogens is 1. The van der Waals surface area contributed by atoms with E-state index in [0.717, 1.165) is 26.2 Å². The molecule has 3 N–H and O–H groups in total. The van der Waals surface area contributed by atoms with Gasteiger partial charge in [-0.15, -0.1) is 0 Å². The van der Waals surface area contributed by atoms with Crippen LogP contribution in [0.2, 0.25) is 5.02 Å². The largest absolute Gasteiger partial charge is 0.493 e. The fourth-order valence-corrected chi connectivity index (χ4v) is 7.03. The summed E-state index contributed by atoms with van der Waals surface area (Å²) >= 11 is 6.60. The predicted octanol–water partition coefficient (Wildman–Crippen LogP) is 3.90. The Balaban J connectivity index is 1.33. The van der Waals surface area contributed by atoms with E-state index in [1.807, 2.05) is 36.4 Å². The number of hydrogen-bond donors (Lipinski definition) is 3. The van der Waals surface area contributed by atoms with Crippen LogP contribution < -0.4 is 20.7 Å². The fraction of sp³-hybridized carbons (Fsp3) is 0.400. The normalized spacial score (nSPS) is 19.8. The van der Waals surface area contributed by atoms with Crippen LogP contribution in [0.15, 0.2) is 59.5 Å². The third kappa shape index (κ3) is 6.51. The zero-order chi connectivity index (χ0) is 29.4. The van der Waals surface area contributed by atoms with Crippen molar-refractivity contribution in [3.05, 3.63) is 70.7 Å². The van der Waals surface area contributed by atoms with Crippen molar-refractivity contribution < 1.29 is 22.7 Å². The van der Waals surface area contributed by atoms with Gasteiger partial charge in [0.15, 0.2) is 0 Å². The lowest BCUT2D eigenvalue weighted by Gasteiger charge is -2.34. The van der Waals surface area contributed by atoms with Crippen molar-refractivity contribution in [1.29, 1.82) is 0 Å². The zero-order valence-electron chi connectivity index (χ0n) is 23.4. The summed E-state index contributed by atoms with van der Waals surface area (Å²) in [6.07, 6.45) is 0.206. The molecule has 2 aliphatic rings. The molecule has 11 heteroatoms. The molecule has 0 aliphatic carbocycles. The molecule has 1 saturated heterocycles. The average molecular weight is 599 g/mol. The molecule has 0 spiro atoms. The van der Waals surface area contributed by atoms with Gasteiger partial charge in [-0.2, -0.15) is 4.31 Å². The van der Waals surface area contributed by atoms with Crippen LogP contribution in [0.25, 0.3) is 10.8 Å². The molecule has 2 heterocycles. The van der Waals surface area contributed by atoms with Gasteiger partial charge in [0, 0.05) is 42.2 Å². The molecule has 0 aromatic heterocycles. The highest BCUT2D eigenvalue weighted by atomic mass is 35.5. The Hall–Kier alpha value is -3.18. The van der Waals surface area contributed by atoms with Gasteiger partial charge in [0.25, 0.3) is 0 Å². The number of carbonyl (C=O) groups is 2. The van der Waals surface area contributed by atoms with E-state index in [0.29, 0.717) is 30.3 Å². The third-order valence-electron chi connectivity index (χ3n) is 7.35. The Bertz CT molecular complexity index is 1590. The number of sulfonamides is 1. The lowest BCUT2D eigenvalue weighted by atomic mass is 9.97. The first kappa shape index (κ1) is 29.3. The molecule has 218 valence electrons. The molecule has 0 saturated carbocycles. The third-order valence-corrected chi connectivity index (χ3v) is 9.61. The number of nitrogens with one attached hydrogen (secondary N) is 3. The molecular weight excluding hydrogens is 564 g/mol. The molecule has 3 aromatic rings. The van der Waals surface area contributed by atoms with Crippen LogP contribution >= 0.6 is 11.6 Å². The number of hydrogen-bond acceptors (Lipinski definition) is 6. The first-order valence-corrected chi connectivity index (χ1v) is 15.5. The van der Waals surface area contributed by atoms with Gasteiger partial charge in [0.2, 0.25) is 21.8 Å². The lowest BCUT2D eigenvalue weighted by Crippen LogP contribution is -2.58. The van der Waals surface area contributed by atoms with Crippen molar-refractivity contribution in [3.63, 3.8) is 0 Å². The van der Waals surface area contributed by atoms with Gasteiger partial charge in [-0.05, 0) is 61.4 Å². The number of ether oxygens (including phenoxy) is 1. The highest BCUT2D eigenvalue weighted by Crippen LogP contribution is 2.36. The minimum absolute atomic E-state index is 0.0694. The summed E-state index contributed by atoms with van der Waals surface area (Å²) in [5, 5.41) is 11.4. The molecule has 5 rings (SSSR count). The number of carbonyl (C=O) groups excluding carboxylic acids is 2. The Labute approximate surface area is 245 Å². The van der Waals surface area contributed by atoms with Crippen LogP contribution in [0.3, 0.4) is 0 Å². The maximum atomic E-state index is 13.7. The summed E-state index contributed by atoms with van der Waals surface area (Å²) in [5.74, 6) is -0.284. The summed E-state index contributed by atoms with van der Waals surface area (Å²) in [7, 11) is -4.04. The molecule has 2 aliphatic heterocycles. The van der Waals surface area contributed by atoms with E-state index in [2.05, 4.69) is 36.7 Å². The van der Waals surface area contributed by atoms with Crippen molar-refractivity contribution >= 4 is 44.2 Å². The SMILES string of the molecule is CC(C)(C)NCc1cc2c(cc1Cl)[C@H](NC(=O)C[C@@H]1C(=O)NCCN1S(=O)(=O)c1ccc3ccccc3c1)CCO2. The second-order valence-corrected chi connectivity index (χ2v) is 13.8. The minimum atomic E-state index is -4.04. The number of rotatable bonds is 7. The van der Waals surface area contributed by atoms with E-state index in [1.165, 1.54) is 6.07 Å². The smallest absolute Gasteiger partial charge is 0.243 e. The van der Waals surface area contributed by atoms with Crippen LogP contribution in [0.4, 0.5) is 0 Å². The second-order valence-electron chi connectivity index (χ2n) is 11.5. The molecule has 0 radical (unpaired) electrons. The fourth-order valence-electron chi connectivity index (χ4n) is 5.16. The molecule has 41 heavy (non-hydrogen) atoms. The van der Waals surface area contributed by atoms with E-state index in [-0.39, 0.29) is 36.0 Å². The molecule has 0 bridgehead atoms. The Morgan fingerprint density at radius 1 is 1.12 bits per heavy atom. The van der Waals surface area contributed by atoms with Crippen LogP contribution in [0.5, 0.6) is 5.75 Å². The summed E-state index contributed by atoms with van der Waals surface area (Å²) in [5.41, 5.74) is 1.56. The number of fused-ring (bicyclic) bond motifs is 2. The van der Waals surface area contributed by atoms with Crippen LogP contribution in [-0.4, -0.2) is 55.8 Å². The predicted molar refractivity (Wildman–Crippen MR) is 158 cm³/mol. The van der Waals surface area contributed by atoms with Crippen LogP contribution in [0, 0.1) is 0 Å². The quantitative estimate of drug-likeness (QED) is 0.380. The molecular formula is C30H35ClN4O5S. The van der Waals surface area contributed by atoms with Gasteiger partial charge < -0.3 is 20.7 Å². The minimum Gasteiger partial charge on any atom is -0.493 e. The Kier molecular flexibility index (Phi) is 8.29. The topological polar surface area (TPSA) is 117 Å². The van der Waals surface area contributed by atoms with Gasteiger partial charge in [0.1, 0.15) is 11.8 Å². The lowest BCUT2D eigenvalue weighted by molar-refractivity contribution is -0.132. The molecule has 3 aromatic carbocycles. The Morgan fingerprint density at radius 2 is 1.88 bits per heavy atom. The van der Waals surface area contributed by atoms with Crippen molar-refractivity contribution in [1.82, 2.24) is 20.3 Å². The highest BCUT2D eigenvalue weighted by Gasteiger charge is 2.40. The van der Waals surface area contributed by atoms with Crippen LogP contribution in [0.1, 0.15) is 50.8 Å². The summed E-state index contributed by atoms with van der Waals surface area (Å²) in [6.45, 7) is 7.42. The zero-order valence-corrected chi connectivity index (χ0v) is 24.9. The molecule has 9 nitrogen and oxygen atoms in total. The van der Waals surface area contributed by atoms with E-state index in [9.17, 15) is 18.0 Å². The van der Waals surface area contributed by atoms with Crippen molar-refractivity contribution in [2.45, 2.75) is 62.7 Å². The maximum absolute atomic E-state index is 13.7. The van der Waals surface area contributed by atoms with Gasteiger partial charge >= 0.3 is 0 Å². The maximum Gasteiger partial charge on any atom is 0.243 e. The van der Waals surface area contributed by atoms with E-state index in [4.69, 9.17) is 16.3 Å². The van der Waals surface area contributed by atoms with E-state index < -0.39 is 27.9 Å². The summed E-state index contributed by atoms with van der Waals surface area (Å²) in [4.78, 5) is 26.3. The van der Waals surface area contributed by atoms with Gasteiger partial charge in [0.05, 0.1) is 24.0 Å². The van der Waals surface area contributed by atoms with Gasteiger partial charge in [-0.3, -0.25) is 9.59 Å². The molecule has 0 unspecified atom stereocenters. The highest BCUT2D eigenvalue weighted by molar-refractivity contribution is 7.89.